The molecule has 2 atom stereocenters. The van der Waals surface area contributed by atoms with E-state index in [1.54, 1.807) is 0 Å². The van der Waals surface area contributed by atoms with Crippen LogP contribution in [0.15, 0.2) is 65.9 Å². The quantitative estimate of drug-likeness (QED) is 0.726. The Morgan fingerprint density at radius 3 is 2.72 bits per heavy atom. The van der Waals surface area contributed by atoms with Gasteiger partial charge in [-0.1, -0.05) is 42.5 Å². The number of rotatable bonds is 5. The number of dihydropyridines is 1. The van der Waals surface area contributed by atoms with Gasteiger partial charge in [0.2, 0.25) is 0 Å². The number of benzene rings is 2. The molecule has 1 fully saturated rings. The fraction of sp³-hybridized carbons (Fsp3) is 0.348. The Hall–Kier alpha value is -2.83. The molecule has 2 aliphatic rings. The number of nitrogens with one attached hydrogen (secondary N) is 1. The molecule has 6 heteroatoms. The van der Waals surface area contributed by atoms with Crippen molar-refractivity contribution >= 4 is 16.9 Å². The summed E-state index contributed by atoms with van der Waals surface area (Å²) in [5, 5.41) is 24.4. The van der Waals surface area contributed by atoms with E-state index >= 15 is 0 Å². The van der Waals surface area contributed by atoms with E-state index < -0.39 is 6.09 Å². The number of carbonyl (C=O) groups is 1. The molecule has 29 heavy (non-hydrogen) atoms. The minimum Gasteiger partial charge on any atom is -0.465 e. The van der Waals surface area contributed by atoms with Crippen LogP contribution in [0.2, 0.25) is 0 Å². The van der Waals surface area contributed by atoms with Crippen molar-refractivity contribution in [3.63, 3.8) is 0 Å². The number of carboxylic acid groups (broad SMARTS) is 1. The van der Waals surface area contributed by atoms with Gasteiger partial charge < -0.3 is 25.2 Å². The number of ether oxygens (including phenoxy) is 1. The zero-order valence-corrected chi connectivity index (χ0v) is 16.3. The second-order valence-corrected chi connectivity index (χ2v) is 7.61. The number of aliphatic hydroxyl groups excluding tert-OH is 1. The summed E-state index contributed by atoms with van der Waals surface area (Å²) in [5.41, 5.74) is 3.06. The van der Waals surface area contributed by atoms with Crippen LogP contribution in [0.5, 0.6) is 0 Å². The third-order valence-corrected chi connectivity index (χ3v) is 5.73. The highest BCUT2D eigenvalue weighted by molar-refractivity contribution is 5.82. The first-order chi connectivity index (χ1) is 14.1. The molecule has 3 N–H and O–H groups in total. The van der Waals surface area contributed by atoms with Crippen molar-refractivity contribution < 1.29 is 19.7 Å². The van der Waals surface area contributed by atoms with E-state index in [0.29, 0.717) is 32.7 Å². The maximum atomic E-state index is 11.5. The molecule has 6 nitrogen and oxygen atoms in total. The molecule has 1 saturated heterocycles. The highest BCUT2D eigenvalue weighted by Gasteiger charge is 2.34. The van der Waals surface area contributed by atoms with Crippen LogP contribution in [0, 0.1) is 5.92 Å². The van der Waals surface area contributed by atoms with Crippen LogP contribution in [0.3, 0.4) is 0 Å². The second kappa shape index (κ2) is 8.68. The first-order valence-electron chi connectivity index (χ1n) is 9.95. The summed E-state index contributed by atoms with van der Waals surface area (Å²) in [6, 6.07) is 14.5. The monoisotopic (exact) mass is 394 g/mol. The van der Waals surface area contributed by atoms with E-state index in [1.165, 1.54) is 15.7 Å². The lowest BCUT2D eigenvalue weighted by atomic mass is 9.89. The highest BCUT2D eigenvalue weighted by Crippen LogP contribution is 2.29. The van der Waals surface area contributed by atoms with E-state index in [9.17, 15) is 15.0 Å². The Morgan fingerprint density at radius 2 is 2.00 bits per heavy atom. The van der Waals surface area contributed by atoms with E-state index in [1.807, 2.05) is 24.3 Å². The molecule has 0 spiro atoms. The number of aliphatic hydroxyl groups is 1. The molecular weight excluding hydrogens is 368 g/mol. The third-order valence-electron chi connectivity index (χ3n) is 5.73. The normalized spacial score (nSPS) is 22.0. The summed E-state index contributed by atoms with van der Waals surface area (Å²) in [4.78, 5) is 12.9. The Balaban J connectivity index is 1.50. The third kappa shape index (κ3) is 4.44. The predicted molar refractivity (Wildman–Crippen MR) is 111 cm³/mol. The van der Waals surface area contributed by atoms with Gasteiger partial charge in [-0.05, 0) is 40.5 Å². The standard InChI is InChI=1S/C23H26N2O4/c26-14-17-6-8-21(24-12-17)20-9-10-25(23(27)28)13-22(20)29-15-16-5-7-18-3-1-2-4-19(18)11-16/h1-8,11,20,22,24,26H,9-10,12-15H2,(H,27,28). The van der Waals surface area contributed by atoms with Crippen molar-refractivity contribution in [3.8, 4) is 0 Å². The van der Waals surface area contributed by atoms with Crippen molar-refractivity contribution in [3.05, 3.63) is 71.5 Å². The number of likely N-dealkylation sites (tertiary alicyclic amines) is 1. The molecule has 0 bridgehead atoms. The number of fused-ring (bicyclic) bond motifs is 1. The summed E-state index contributed by atoms with van der Waals surface area (Å²) in [6.07, 6.45) is 3.50. The van der Waals surface area contributed by atoms with Gasteiger partial charge in [-0.25, -0.2) is 4.79 Å². The van der Waals surface area contributed by atoms with Gasteiger partial charge in [0, 0.05) is 24.7 Å². The fourth-order valence-electron chi connectivity index (χ4n) is 4.05. The van der Waals surface area contributed by atoms with Gasteiger partial charge in [0.25, 0.3) is 0 Å². The number of hydrogen-bond acceptors (Lipinski definition) is 4. The molecule has 2 aromatic rings. The van der Waals surface area contributed by atoms with Crippen molar-refractivity contribution in [1.29, 1.82) is 0 Å². The zero-order valence-electron chi connectivity index (χ0n) is 16.3. The van der Waals surface area contributed by atoms with Crippen molar-refractivity contribution in [2.45, 2.75) is 19.1 Å². The Kier molecular flexibility index (Phi) is 5.83. The number of hydrogen-bond donors (Lipinski definition) is 3. The first kappa shape index (κ1) is 19.5. The van der Waals surface area contributed by atoms with Crippen LogP contribution < -0.4 is 5.32 Å². The van der Waals surface area contributed by atoms with Gasteiger partial charge in [-0.3, -0.25) is 0 Å². The van der Waals surface area contributed by atoms with Crippen molar-refractivity contribution in [1.82, 2.24) is 10.2 Å². The lowest BCUT2D eigenvalue weighted by molar-refractivity contribution is -0.0328. The summed E-state index contributed by atoms with van der Waals surface area (Å²) < 4.78 is 6.26. The van der Waals surface area contributed by atoms with Gasteiger partial charge in [0.1, 0.15) is 0 Å². The van der Waals surface area contributed by atoms with Gasteiger partial charge in [-0.2, -0.15) is 0 Å². The molecule has 1 amide bonds. The van der Waals surface area contributed by atoms with E-state index in [2.05, 4.69) is 35.6 Å². The molecule has 0 saturated carbocycles. The first-order valence-corrected chi connectivity index (χ1v) is 9.95. The van der Waals surface area contributed by atoms with Crippen LogP contribution in [-0.4, -0.2) is 53.6 Å². The molecule has 0 aromatic heterocycles. The average Bonchev–Trinajstić information content (AvgIpc) is 2.77. The lowest BCUT2D eigenvalue weighted by Crippen LogP contribution is -2.49. The van der Waals surface area contributed by atoms with Gasteiger partial charge in [-0.15, -0.1) is 0 Å². The molecule has 152 valence electrons. The second-order valence-electron chi connectivity index (χ2n) is 7.61. The molecule has 2 aromatic carbocycles. The minimum absolute atomic E-state index is 0.0378. The predicted octanol–water partition coefficient (Wildman–Crippen LogP) is 3.13. The number of allylic oxidation sites excluding steroid dienone is 2. The van der Waals surface area contributed by atoms with Crippen LogP contribution in [0.25, 0.3) is 10.8 Å². The minimum atomic E-state index is -0.907. The molecule has 2 heterocycles. The lowest BCUT2D eigenvalue weighted by Gasteiger charge is -2.39. The van der Waals surface area contributed by atoms with Crippen LogP contribution in [0.4, 0.5) is 4.79 Å². The van der Waals surface area contributed by atoms with Gasteiger partial charge in [0.15, 0.2) is 0 Å². The van der Waals surface area contributed by atoms with Crippen LogP contribution in [-0.2, 0) is 11.3 Å². The van der Waals surface area contributed by atoms with E-state index in [-0.39, 0.29) is 18.6 Å². The molecule has 4 rings (SSSR count). The summed E-state index contributed by atoms with van der Waals surface area (Å²) in [5.74, 6) is 0.0996. The molecule has 2 unspecified atom stereocenters. The molecular formula is C23H26N2O4. The summed E-state index contributed by atoms with van der Waals surface area (Å²) >= 11 is 0. The average molecular weight is 394 g/mol. The van der Waals surface area contributed by atoms with Crippen LogP contribution in [0.1, 0.15) is 12.0 Å². The zero-order chi connectivity index (χ0) is 20.2. The van der Waals surface area contributed by atoms with Gasteiger partial charge >= 0.3 is 6.09 Å². The smallest absolute Gasteiger partial charge is 0.407 e. The van der Waals surface area contributed by atoms with Crippen molar-refractivity contribution in [2.24, 2.45) is 5.92 Å². The maximum absolute atomic E-state index is 11.5. The molecule has 0 aliphatic carbocycles. The molecule has 0 radical (unpaired) electrons. The summed E-state index contributed by atoms with van der Waals surface area (Å²) in [6.45, 7) is 1.92. The van der Waals surface area contributed by atoms with Gasteiger partial charge in [0.05, 0.1) is 25.9 Å². The summed E-state index contributed by atoms with van der Waals surface area (Å²) in [7, 11) is 0. The number of amides is 1. The fourth-order valence-corrected chi connectivity index (χ4v) is 4.05. The topological polar surface area (TPSA) is 82.0 Å². The Labute approximate surface area is 170 Å². The number of nitrogens with zero attached hydrogens (tertiary/aromatic N) is 1. The Morgan fingerprint density at radius 1 is 1.17 bits per heavy atom. The van der Waals surface area contributed by atoms with E-state index in [0.717, 1.165) is 16.8 Å². The SMILES string of the molecule is O=C(O)N1CCC(C2=CC=C(CO)CN2)C(OCc2ccc3ccccc3c2)C1. The van der Waals surface area contributed by atoms with Crippen LogP contribution >= 0.6 is 0 Å². The van der Waals surface area contributed by atoms with E-state index in [4.69, 9.17) is 4.74 Å². The highest BCUT2D eigenvalue weighted by atomic mass is 16.5. The number of piperidine rings is 1. The Bertz CT molecular complexity index is 953. The van der Waals surface area contributed by atoms with Crippen molar-refractivity contribution in [2.75, 3.05) is 26.2 Å². The molecule has 2 aliphatic heterocycles. The maximum Gasteiger partial charge on any atom is 0.407 e. The largest absolute Gasteiger partial charge is 0.465 e.